The zero-order chi connectivity index (χ0) is 19.4. The van der Waals surface area contributed by atoms with Crippen LogP contribution >= 0.6 is 0 Å². The first kappa shape index (κ1) is 18.6. The fourth-order valence-corrected chi connectivity index (χ4v) is 2.66. The van der Waals surface area contributed by atoms with Gasteiger partial charge in [0.1, 0.15) is 29.6 Å². The van der Waals surface area contributed by atoms with Gasteiger partial charge in [-0.3, -0.25) is 4.79 Å². The highest BCUT2D eigenvalue weighted by molar-refractivity contribution is 6.14. The van der Waals surface area contributed by atoms with Gasteiger partial charge in [-0.15, -0.1) is 0 Å². The lowest BCUT2D eigenvalue weighted by molar-refractivity contribution is 0.101. The van der Waals surface area contributed by atoms with Gasteiger partial charge < -0.3 is 18.9 Å². The summed E-state index contributed by atoms with van der Waals surface area (Å²) >= 11 is 0. The SMILES string of the molecule is COc1ccc(OC)c(C=C2Oc3cc(OCC=C(C)C)ccc3C2=O)c1. The molecule has 3 rings (SSSR count). The monoisotopic (exact) mass is 366 g/mol. The second-order valence-corrected chi connectivity index (χ2v) is 6.30. The first-order chi connectivity index (χ1) is 13.0. The van der Waals surface area contributed by atoms with Crippen LogP contribution in [0, 0.1) is 0 Å². The molecule has 5 nitrogen and oxygen atoms in total. The highest BCUT2D eigenvalue weighted by atomic mass is 16.5. The van der Waals surface area contributed by atoms with Gasteiger partial charge in [0.15, 0.2) is 5.76 Å². The number of hydrogen-bond acceptors (Lipinski definition) is 5. The van der Waals surface area contributed by atoms with Crippen LogP contribution in [0.4, 0.5) is 0 Å². The molecule has 1 aliphatic heterocycles. The van der Waals surface area contributed by atoms with E-state index < -0.39 is 0 Å². The standard InChI is InChI=1S/C22H22O5/c1-14(2)9-10-26-17-5-7-18-20(13-17)27-21(22(18)23)12-15-11-16(24-3)6-8-19(15)25-4/h5-9,11-13H,10H2,1-4H3. The Morgan fingerprint density at radius 1 is 1.04 bits per heavy atom. The molecule has 0 bridgehead atoms. The summed E-state index contributed by atoms with van der Waals surface area (Å²) in [5, 5.41) is 0. The molecule has 0 spiro atoms. The summed E-state index contributed by atoms with van der Waals surface area (Å²) in [6, 6.07) is 10.6. The molecule has 0 fully saturated rings. The van der Waals surface area contributed by atoms with Crippen LogP contribution in [0.2, 0.25) is 0 Å². The van der Waals surface area contributed by atoms with Crippen molar-refractivity contribution in [2.24, 2.45) is 0 Å². The third-order valence-electron chi connectivity index (χ3n) is 4.11. The van der Waals surface area contributed by atoms with Crippen LogP contribution < -0.4 is 18.9 Å². The molecule has 0 unspecified atom stereocenters. The van der Waals surface area contributed by atoms with E-state index in [4.69, 9.17) is 18.9 Å². The van der Waals surface area contributed by atoms with E-state index in [-0.39, 0.29) is 11.5 Å². The highest BCUT2D eigenvalue weighted by Crippen LogP contribution is 2.36. The van der Waals surface area contributed by atoms with Crippen molar-refractivity contribution in [3.8, 4) is 23.0 Å². The van der Waals surface area contributed by atoms with Crippen LogP contribution in [0.5, 0.6) is 23.0 Å². The summed E-state index contributed by atoms with van der Waals surface area (Å²) < 4.78 is 22.1. The van der Waals surface area contributed by atoms with E-state index in [1.807, 2.05) is 19.9 Å². The molecule has 0 amide bonds. The molecule has 140 valence electrons. The number of hydrogen-bond donors (Lipinski definition) is 0. The molecule has 0 saturated carbocycles. The molecule has 5 heteroatoms. The summed E-state index contributed by atoms with van der Waals surface area (Å²) in [5.41, 5.74) is 2.39. The van der Waals surface area contributed by atoms with Crippen molar-refractivity contribution in [3.05, 3.63) is 64.9 Å². The lowest BCUT2D eigenvalue weighted by Gasteiger charge is -2.08. The van der Waals surface area contributed by atoms with Gasteiger partial charge in [0.2, 0.25) is 5.78 Å². The third-order valence-corrected chi connectivity index (χ3v) is 4.11. The highest BCUT2D eigenvalue weighted by Gasteiger charge is 2.28. The molecule has 2 aromatic carbocycles. The van der Waals surface area contributed by atoms with Crippen molar-refractivity contribution in [1.82, 2.24) is 0 Å². The third kappa shape index (κ3) is 4.14. The predicted octanol–water partition coefficient (Wildman–Crippen LogP) is 4.67. The van der Waals surface area contributed by atoms with Gasteiger partial charge in [-0.1, -0.05) is 5.57 Å². The Kier molecular flexibility index (Phi) is 5.50. The van der Waals surface area contributed by atoms with E-state index >= 15 is 0 Å². The van der Waals surface area contributed by atoms with Crippen molar-refractivity contribution in [2.45, 2.75) is 13.8 Å². The molecule has 0 saturated heterocycles. The second kappa shape index (κ2) is 7.99. The zero-order valence-corrected chi connectivity index (χ0v) is 15.9. The van der Waals surface area contributed by atoms with E-state index in [1.165, 1.54) is 5.57 Å². The molecular weight excluding hydrogens is 344 g/mol. The topological polar surface area (TPSA) is 54.0 Å². The molecule has 1 aliphatic rings. The van der Waals surface area contributed by atoms with Crippen LogP contribution in [0.15, 0.2) is 53.8 Å². The molecular formula is C22H22O5. The minimum absolute atomic E-state index is 0.175. The predicted molar refractivity (Wildman–Crippen MR) is 104 cm³/mol. The fraction of sp³-hybridized carbons (Fsp3) is 0.227. The Hall–Kier alpha value is -3.21. The maximum absolute atomic E-state index is 12.7. The van der Waals surface area contributed by atoms with Crippen molar-refractivity contribution >= 4 is 11.9 Å². The van der Waals surface area contributed by atoms with Crippen molar-refractivity contribution in [2.75, 3.05) is 20.8 Å². The Morgan fingerprint density at radius 2 is 1.81 bits per heavy atom. The number of ether oxygens (including phenoxy) is 4. The van der Waals surface area contributed by atoms with Gasteiger partial charge in [-0.25, -0.2) is 0 Å². The van der Waals surface area contributed by atoms with E-state index in [0.717, 1.165) is 0 Å². The van der Waals surface area contributed by atoms with Crippen LogP contribution in [0.25, 0.3) is 6.08 Å². The normalized spacial score (nSPS) is 13.8. The van der Waals surface area contributed by atoms with Gasteiger partial charge >= 0.3 is 0 Å². The number of fused-ring (bicyclic) bond motifs is 1. The van der Waals surface area contributed by atoms with Crippen molar-refractivity contribution in [1.29, 1.82) is 0 Å². The molecule has 0 aliphatic carbocycles. The number of methoxy groups -OCH3 is 2. The molecule has 1 heterocycles. The Balaban J connectivity index is 1.86. The summed E-state index contributed by atoms with van der Waals surface area (Å²) in [6.45, 7) is 4.49. The van der Waals surface area contributed by atoms with E-state index in [1.54, 1.807) is 56.7 Å². The molecule has 27 heavy (non-hydrogen) atoms. The largest absolute Gasteiger partial charge is 0.497 e. The summed E-state index contributed by atoms with van der Waals surface area (Å²) in [7, 11) is 3.16. The lowest BCUT2D eigenvalue weighted by Crippen LogP contribution is -1.99. The smallest absolute Gasteiger partial charge is 0.231 e. The number of carbonyl (C=O) groups excluding carboxylic acids is 1. The minimum atomic E-state index is -0.175. The van der Waals surface area contributed by atoms with Crippen LogP contribution in [0.1, 0.15) is 29.8 Å². The zero-order valence-electron chi connectivity index (χ0n) is 15.9. The van der Waals surface area contributed by atoms with E-state index in [9.17, 15) is 4.79 Å². The van der Waals surface area contributed by atoms with Gasteiger partial charge in [-0.2, -0.15) is 0 Å². The maximum Gasteiger partial charge on any atom is 0.231 e. The Morgan fingerprint density at radius 3 is 2.52 bits per heavy atom. The first-order valence-electron chi connectivity index (χ1n) is 8.58. The number of rotatable bonds is 6. The van der Waals surface area contributed by atoms with Gasteiger partial charge in [-0.05, 0) is 56.3 Å². The summed E-state index contributed by atoms with van der Waals surface area (Å²) in [4.78, 5) is 12.7. The fourth-order valence-electron chi connectivity index (χ4n) is 2.66. The second-order valence-electron chi connectivity index (χ2n) is 6.30. The lowest BCUT2D eigenvalue weighted by atomic mass is 10.1. The molecule has 0 N–H and O–H groups in total. The number of Topliss-reactive ketones (excluding diaryl/α,β-unsaturated/α-hetero) is 1. The molecule has 0 atom stereocenters. The summed E-state index contributed by atoms with van der Waals surface area (Å²) in [5.74, 6) is 2.49. The van der Waals surface area contributed by atoms with E-state index in [2.05, 4.69) is 0 Å². The first-order valence-corrected chi connectivity index (χ1v) is 8.58. The average molecular weight is 366 g/mol. The van der Waals surface area contributed by atoms with Crippen LogP contribution in [-0.2, 0) is 0 Å². The molecule has 2 aromatic rings. The van der Waals surface area contributed by atoms with Crippen LogP contribution in [-0.4, -0.2) is 26.6 Å². The Labute approximate surface area is 158 Å². The van der Waals surface area contributed by atoms with E-state index in [0.29, 0.717) is 40.7 Å². The number of carbonyl (C=O) groups is 1. The maximum atomic E-state index is 12.7. The minimum Gasteiger partial charge on any atom is -0.497 e. The molecule has 0 radical (unpaired) electrons. The number of ketones is 1. The van der Waals surface area contributed by atoms with Crippen molar-refractivity contribution in [3.63, 3.8) is 0 Å². The quantitative estimate of drug-likeness (QED) is 0.549. The summed E-state index contributed by atoms with van der Waals surface area (Å²) in [6.07, 6.45) is 3.65. The average Bonchev–Trinajstić information content (AvgIpc) is 2.96. The van der Waals surface area contributed by atoms with Gasteiger partial charge in [0.05, 0.1) is 19.8 Å². The number of allylic oxidation sites excluding steroid dienone is 2. The van der Waals surface area contributed by atoms with Crippen LogP contribution in [0.3, 0.4) is 0 Å². The van der Waals surface area contributed by atoms with Crippen molar-refractivity contribution < 1.29 is 23.7 Å². The van der Waals surface area contributed by atoms with Gasteiger partial charge in [0, 0.05) is 11.6 Å². The number of benzene rings is 2. The Bertz CT molecular complexity index is 920. The van der Waals surface area contributed by atoms with Gasteiger partial charge in [0.25, 0.3) is 0 Å². The molecule has 0 aromatic heterocycles.